The molecule has 0 spiro atoms. The van der Waals surface area contributed by atoms with Gasteiger partial charge in [0, 0.05) is 23.4 Å². The first-order valence-electron chi connectivity index (χ1n) is 5.58. The SMILES string of the molecule is CC(CS(C)(=O)=O)NC(C)c1ccc(F)cc1Cl. The van der Waals surface area contributed by atoms with Crippen LogP contribution in [0, 0.1) is 5.82 Å². The Balaban J connectivity index is 2.73. The summed E-state index contributed by atoms with van der Waals surface area (Å²) in [5, 5.41) is 3.46. The molecule has 0 heterocycles. The second-order valence-electron chi connectivity index (χ2n) is 4.55. The molecule has 1 N–H and O–H groups in total. The third kappa shape index (κ3) is 4.92. The van der Waals surface area contributed by atoms with Gasteiger partial charge >= 0.3 is 0 Å². The van der Waals surface area contributed by atoms with Gasteiger partial charge in [-0.25, -0.2) is 12.8 Å². The van der Waals surface area contributed by atoms with Crippen LogP contribution in [0.1, 0.15) is 25.5 Å². The number of hydrogen-bond acceptors (Lipinski definition) is 3. The molecule has 0 aliphatic rings. The average molecular weight is 294 g/mol. The maximum Gasteiger partial charge on any atom is 0.148 e. The summed E-state index contributed by atoms with van der Waals surface area (Å²) in [6.07, 6.45) is 1.20. The molecule has 0 radical (unpaired) electrons. The van der Waals surface area contributed by atoms with Gasteiger partial charge in [0.2, 0.25) is 0 Å². The molecule has 0 aliphatic carbocycles. The van der Waals surface area contributed by atoms with E-state index in [1.54, 1.807) is 13.0 Å². The quantitative estimate of drug-likeness (QED) is 0.907. The van der Waals surface area contributed by atoms with Crippen molar-refractivity contribution in [3.63, 3.8) is 0 Å². The zero-order valence-electron chi connectivity index (χ0n) is 10.6. The van der Waals surface area contributed by atoms with Crippen LogP contribution in [0.15, 0.2) is 18.2 Å². The summed E-state index contributed by atoms with van der Waals surface area (Å²) in [6, 6.07) is 3.84. The molecule has 2 atom stereocenters. The van der Waals surface area contributed by atoms with E-state index < -0.39 is 9.84 Å². The molecule has 0 aromatic heterocycles. The molecule has 0 saturated carbocycles. The monoisotopic (exact) mass is 293 g/mol. The molecular weight excluding hydrogens is 277 g/mol. The van der Waals surface area contributed by atoms with Crippen LogP contribution >= 0.6 is 11.6 Å². The molecule has 6 heteroatoms. The Morgan fingerprint density at radius 2 is 2.00 bits per heavy atom. The van der Waals surface area contributed by atoms with E-state index in [0.29, 0.717) is 5.02 Å². The van der Waals surface area contributed by atoms with Crippen molar-refractivity contribution in [1.29, 1.82) is 0 Å². The van der Waals surface area contributed by atoms with Crippen molar-refractivity contribution in [3.8, 4) is 0 Å². The second-order valence-corrected chi connectivity index (χ2v) is 7.14. The summed E-state index contributed by atoms with van der Waals surface area (Å²) < 4.78 is 35.2. The van der Waals surface area contributed by atoms with Gasteiger partial charge in [0.25, 0.3) is 0 Å². The molecule has 1 aromatic rings. The first kappa shape index (κ1) is 15.4. The maximum absolute atomic E-state index is 12.9. The van der Waals surface area contributed by atoms with Crippen LogP contribution in [0.5, 0.6) is 0 Å². The number of sulfone groups is 1. The van der Waals surface area contributed by atoms with Crippen LogP contribution in [0.3, 0.4) is 0 Å². The Morgan fingerprint density at radius 1 is 1.39 bits per heavy atom. The smallest absolute Gasteiger partial charge is 0.148 e. The number of benzene rings is 1. The summed E-state index contributed by atoms with van der Waals surface area (Å²) in [6.45, 7) is 3.65. The lowest BCUT2D eigenvalue weighted by molar-refractivity contribution is 0.500. The van der Waals surface area contributed by atoms with E-state index in [9.17, 15) is 12.8 Å². The molecule has 0 fully saturated rings. The maximum atomic E-state index is 12.9. The van der Waals surface area contributed by atoms with Crippen LogP contribution < -0.4 is 5.32 Å². The van der Waals surface area contributed by atoms with Gasteiger partial charge in [-0.2, -0.15) is 0 Å². The molecule has 1 aromatic carbocycles. The molecule has 3 nitrogen and oxygen atoms in total. The van der Waals surface area contributed by atoms with Crippen LogP contribution in [0.4, 0.5) is 4.39 Å². The third-order valence-electron chi connectivity index (χ3n) is 2.52. The lowest BCUT2D eigenvalue weighted by atomic mass is 10.1. The van der Waals surface area contributed by atoms with Crippen molar-refractivity contribution in [3.05, 3.63) is 34.6 Å². The van der Waals surface area contributed by atoms with E-state index in [4.69, 9.17) is 11.6 Å². The molecule has 1 rings (SSSR count). The lowest BCUT2D eigenvalue weighted by Gasteiger charge is -2.20. The fourth-order valence-corrected chi connectivity index (χ4v) is 3.21. The van der Waals surface area contributed by atoms with E-state index in [2.05, 4.69) is 5.32 Å². The average Bonchev–Trinajstić information content (AvgIpc) is 2.13. The molecule has 0 aliphatic heterocycles. The first-order chi connectivity index (χ1) is 8.19. The summed E-state index contributed by atoms with van der Waals surface area (Å²) in [4.78, 5) is 0. The zero-order valence-corrected chi connectivity index (χ0v) is 12.1. The molecule has 18 heavy (non-hydrogen) atoms. The molecule has 2 unspecified atom stereocenters. The summed E-state index contributed by atoms with van der Waals surface area (Å²) in [5.74, 6) is -0.337. The summed E-state index contributed by atoms with van der Waals surface area (Å²) in [7, 11) is -3.02. The largest absolute Gasteiger partial charge is 0.307 e. The van der Waals surface area contributed by atoms with Gasteiger partial charge in [0.1, 0.15) is 15.7 Å². The normalized spacial score (nSPS) is 15.4. The Bertz CT molecular complexity index is 519. The number of rotatable bonds is 5. The van der Waals surface area contributed by atoms with E-state index in [1.165, 1.54) is 18.4 Å². The van der Waals surface area contributed by atoms with E-state index in [0.717, 1.165) is 5.56 Å². The van der Waals surface area contributed by atoms with Gasteiger partial charge in [-0.05, 0) is 31.5 Å². The van der Waals surface area contributed by atoms with Crippen molar-refractivity contribution < 1.29 is 12.8 Å². The number of nitrogens with one attached hydrogen (secondary N) is 1. The van der Waals surface area contributed by atoms with Crippen molar-refractivity contribution in [2.24, 2.45) is 0 Å². The van der Waals surface area contributed by atoms with Crippen molar-refractivity contribution in [1.82, 2.24) is 5.32 Å². The highest BCUT2D eigenvalue weighted by molar-refractivity contribution is 7.90. The zero-order chi connectivity index (χ0) is 13.9. The van der Waals surface area contributed by atoms with Crippen LogP contribution in [0.25, 0.3) is 0 Å². The fourth-order valence-electron chi connectivity index (χ4n) is 1.87. The predicted octanol–water partition coefficient (Wildman–Crippen LogP) is 2.56. The number of halogens is 2. The highest BCUT2D eigenvalue weighted by atomic mass is 35.5. The van der Waals surface area contributed by atoms with Crippen molar-refractivity contribution >= 4 is 21.4 Å². The van der Waals surface area contributed by atoms with Crippen molar-refractivity contribution in [2.75, 3.05) is 12.0 Å². The van der Waals surface area contributed by atoms with Crippen LogP contribution in [0.2, 0.25) is 5.02 Å². The number of hydrogen-bond donors (Lipinski definition) is 1. The van der Waals surface area contributed by atoms with Gasteiger partial charge in [-0.15, -0.1) is 0 Å². The van der Waals surface area contributed by atoms with Crippen LogP contribution in [-0.4, -0.2) is 26.5 Å². The molecule has 102 valence electrons. The lowest BCUT2D eigenvalue weighted by Crippen LogP contribution is -2.34. The first-order valence-corrected chi connectivity index (χ1v) is 8.01. The topological polar surface area (TPSA) is 46.2 Å². The third-order valence-corrected chi connectivity index (χ3v) is 3.95. The van der Waals surface area contributed by atoms with Crippen LogP contribution in [-0.2, 0) is 9.84 Å². The van der Waals surface area contributed by atoms with Crippen molar-refractivity contribution in [2.45, 2.75) is 25.9 Å². The second kappa shape index (κ2) is 5.99. The summed E-state index contributed by atoms with van der Waals surface area (Å²) in [5.41, 5.74) is 0.749. The van der Waals surface area contributed by atoms with E-state index >= 15 is 0 Å². The summed E-state index contributed by atoms with van der Waals surface area (Å²) >= 11 is 5.94. The Labute approximate surface area is 112 Å². The fraction of sp³-hybridized carbons (Fsp3) is 0.500. The Morgan fingerprint density at radius 3 is 2.50 bits per heavy atom. The molecule has 0 saturated heterocycles. The molecule has 0 amide bonds. The van der Waals surface area contributed by atoms with Gasteiger partial charge < -0.3 is 5.32 Å². The molecule has 0 bridgehead atoms. The van der Waals surface area contributed by atoms with Gasteiger partial charge in [-0.1, -0.05) is 17.7 Å². The minimum Gasteiger partial charge on any atom is -0.307 e. The minimum atomic E-state index is -3.02. The Kier molecular flexibility index (Phi) is 5.13. The minimum absolute atomic E-state index is 0.0517. The predicted molar refractivity (Wildman–Crippen MR) is 72.1 cm³/mol. The van der Waals surface area contributed by atoms with Gasteiger partial charge in [-0.3, -0.25) is 0 Å². The standard InChI is InChI=1S/C12H17ClFNO2S/c1-8(7-18(3,16)17)15-9(2)11-5-4-10(14)6-12(11)13/h4-6,8-9,15H,7H2,1-3H3. The van der Waals surface area contributed by atoms with Gasteiger partial charge in [0.15, 0.2) is 0 Å². The van der Waals surface area contributed by atoms with E-state index in [1.807, 2.05) is 6.92 Å². The van der Waals surface area contributed by atoms with Gasteiger partial charge in [0.05, 0.1) is 5.75 Å². The highest BCUT2D eigenvalue weighted by Gasteiger charge is 2.16. The molecular formula is C12H17ClFNO2S. The Hall–Kier alpha value is -0.650. The highest BCUT2D eigenvalue weighted by Crippen LogP contribution is 2.23. The van der Waals surface area contributed by atoms with E-state index in [-0.39, 0.29) is 23.7 Å².